The number of ether oxygens (including phenoxy) is 1. The minimum atomic E-state index is -0.613. The van der Waals surface area contributed by atoms with E-state index in [2.05, 4.69) is 11.9 Å². The maximum Gasteiger partial charge on any atom is 0.420 e. The van der Waals surface area contributed by atoms with Crippen molar-refractivity contribution in [2.75, 3.05) is 0 Å². The van der Waals surface area contributed by atoms with E-state index >= 15 is 0 Å². The molecule has 0 aliphatic heterocycles. The Bertz CT molecular complexity index is 949. The van der Waals surface area contributed by atoms with Crippen LogP contribution in [0.1, 0.15) is 30.9 Å². The second-order valence-corrected chi connectivity index (χ2v) is 5.94. The number of carbonyl (C=O) groups is 1. The molecule has 0 fully saturated rings. The average Bonchev–Trinajstić information content (AvgIpc) is 3.09. The van der Waals surface area contributed by atoms with Crippen molar-refractivity contribution >= 4 is 22.8 Å². The third-order valence-corrected chi connectivity index (χ3v) is 4.20. The quantitative estimate of drug-likeness (QED) is 0.482. The van der Waals surface area contributed by atoms with Gasteiger partial charge in [-0.3, -0.25) is 10.1 Å². The fraction of sp³-hybridized carbons (Fsp3) is 0.263. The van der Waals surface area contributed by atoms with Gasteiger partial charge >= 0.3 is 6.09 Å². The molecule has 0 spiro atoms. The Morgan fingerprint density at radius 2 is 1.96 bits per heavy atom. The molecule has 134 valence electrons. The maximum atomic E-state index is 12.4. The van der Waals surface area contributed by atoms with E-state index in [1.807, 2.05) is 18.2 Å². The van der Waals surface area contributed by atoms with E-state index in [1.54, 1.807) is 18.2 Å². The first-order valence-electron chi connectivity index (χ1n) is 8.46. The number of benzene rings is 2. The standard InChI is InChI=1S/C19H19N3O4/c1-2-3-7-14-9-6-11-17-18(14)20-13-21(17)19(23)26-12-15-8-4-5-10-16(15)22(24)25/h4-6,8-11,13H,2-3,7,12H2,1H3. The van der Waals surface area contributed by atoms with Crippen molar-refractivity contribution < 1.29 is 14.5 Å². The van der Waals surface area contributed by atoms with Crippen molar-refractivity contribution in [3.8, 4) is 0 Å². The highest BCUT2D eigenvalue weighted by atomic mass is 16.6. The van der Waals surface area contributed by atoms with Gasteiger partial charge in [-0.1, -0.05) is 37.6 Å². The van der Waals surface area contributed by atoms with Crippen LogP contribution < -0.4 is 0 Å². The molecular weight excluding hydrogens is 334 g/mol. The van der Waals surface area contributed by atoms with Crippen molar-refractivity contribution in [3.05, 3.63) is 70.0 Å². The van der Waals surface area contributed by atoms with Crippen molar-refractivity contribution in [2.45, 2.75) is 32.8 Å². The topological polar surface area (TPSA) is 87.3 Å². The van der Waals surface area contributed by atoms with Gasteiger partial charge < -0.3 is 4.74 Å². The monoisotopic (exact) mass is 353 g/mol. The number of unbranched alkanes of at least 4 members (excludes halogenated alkanes) is 1. The third kappa shape index (κ3) is 3.56. The van der Waals surface area contributed by atoms with Crippen LogP contribution in [0.4, 0.5) is 10.5 Å². The van der Waals surface area contributed by atoms with Crippen molar-refractivity contribution in [1.29, 1.82) is 0 Å². The van der Waals surface area contributed by atoms with Crippen LogP contribution in [-0.4, -0.2) is 20.6 Å². The second kappa shape index (κ2) is 7.77. The molecule has 0 atom stereocenters. The van der Waals surface area contributed by atoms with Crippen LogP contribution in [0.15, 0.2) is 48.8 Å². The van der Waals surface area contributed by atoms with Crippen molar-refractivity contribution in [3.63, 3.8) is 0 Å². The number of fused-ring (bicyclic) bond motifs is 1. The summed E-state index contributed by atoms with van der Waals surface area (Å²) < 4.78 is 6.60. The Morgan fingerprint density at radius 1 is 1.19 bits per heavy atom. The van der Waals surface area contributed by atoms with E-state index < -0.39 is 11.0 Å². The minimum Gasteiger partial charge on any atom is -0.444 e. The number of para-hydroxylation sites is 2. The van der Waals surface area contributed by atoms with Crippen molar-refractivity contribution in [2.24, 2.45) is 0 Å². The number of nitro benzene ring substituents is 1. The summed E-state index contributed by atoms with van der Waals surface area (Å²) >= 11 is 0. The number of aryl methyl sites for hydroxylation is 1. The summed E-state index contributed by atoms with van der Waals surface area (Å²) in [5.41, 5.74) is 2.82. The van der Waals surface area contributed by atoms with Gasteiger partial charge in [-0.15, -0.1) is 0 Å². The van der Waals surface area contributed by atoms with Gasteiger partial charge in [0.25, 0.3) is 5.69 Å². The molecule has 0 radical (unpaired) electrons. The first-order chi connectivity index (χ1) is 12.6. The lowest BCUT2D eigenvalue weighted by molar-refractivity contribution is -0.385. The smallest absolute Gasteiger partial charge is 0.420 e. The number of nitro groups is 1. The molecule has 0 N–H and O–H groups in total. The highest BCUT2D eigenvalue weighted by molar-refractivity contribution is 5.88. The summed E-state index contributed by atoms with van der Waals surface area (Å²) in [6, 6.07) is 11.9. The molecule has 7 nitrogen and oxygen atoms in total. The summed E-state index contributed by atoms with van der Waals surface area (Å²) in [5, 5.41) is 11.0. The molecular formula is C19H19N3O4. The summed E-state index contributed by atoms with van der Waals surface area (Å²) in [7, 11) is 0. The van der Waals surface area contributed by atoms with Crippen LogP contribution in [0.3, 0.4) is 0 Å². The molecule has 0 aliphatic rings. The Hall–Kier alpha value is -3.22. The van der Waals surface area contributed by atoms with Crippen LogP contribution in [0.25, 0.3) is 11.0 Å². The van der Waals surface area contributed by atoms with E-state index in [-0.39, 0.29) is 12.3 Å². The van der Waals surface area contributed by atoms with Gasteiger partial charge in [0.1, 0.15) is 12.9 Å². The summed E-state index contributed by atoms with van der Waals surface area (Å²) in [6.07, 6.45) is 3.85. The van der Waals surface area contributed by atoms with Gasteiger partial charge in [-0.25, -0.2) is 14.3 Å². The van der Waals surface area contributed by atoms with Crippen LogP contribution in [-0.2, 0) is 17.8 Å². The molecule has 0 unspecified atom stereocenters. The number of nitrogens with zero attached hydrogens (tertiary/aromatic N) is 3. The van der Waals surface area contributed by atoms with Gasteiger partial charge in [0.15, 0.2) is 0 Å². The van der Waals surface area contributed by atoms with E-state index in [0.29, 0.717) is 11.1 Å². The van der Waals surface area contributed by atoms with E-state index in [9.17, 15) is 14.9 Å². The van der Waals surface area contributed by atoms with Gasteiger partial charge in [-0.05, 0) is 30.5 Å². The Balaban J connectivity index is 1.80. The molecule has 0 bridgehead atoms. The molecule has 1 aromatic heterocycles. The lowest BCUT2D eigenvalue weighted by Gasteiger charge is -2.07. The first-order valence-corrected chi connectivity index (χ1v) is 8.46. The van der Waals surface area contributed by atoms with E-state index in [1.165, 1.54) is 17.0 Å². The zero-order chi connectivity index (χ0) is 18.5. The molecule has 0 saturated carbocycles. The summed E-state index contributed by atoms with van der Waals surface area (Å²) in [6.45, 7) is 1.95. The first kappa shape index (κ1) is 17.6. The highest BCUT2D eigenvalue weighted by Crippen LogP contribution is 2.21. The second-order valence-electron chi connectivity index (χ2n) is 5.94. The fourth-order valence-corrected chi connectivity index (χ4v) is 2.83. The number of imidazole rings is 1. The maximum absolute atomic E-state index is 12.4. The summed E-state index contributed by atoms with van der Waals surface area (Å²) in [4.78, 5) is 27.3. The Morgan fingerprint density at radius 3 is 2.73 bits per heavy atom. The fourth-order valence-electron chi connectivity index (χ4n) is 2.83. The third-order valence-electron chi connectivity index (χ3n) is 4.20. The molecule has 7 heteroatoms. The normalized spacial score (nSPS) is 10.8. The van der Waals surface area contributed by atoms with E-state index in [0.717, 1.165) is 30.3 Å². The Kier molecular flexibility index (Phi) is 5.26. The van der Waals surface area contributed by atoms with Gasteiger partial charge in [0, 0.05) is 6.07 Å². The molecule has 1 heterocycles. The summed E-state index contributed by atoms with van der Waals surface area (Å²) in [5.74, 6) is 0. The zero-order valence-corrected chi connectivity index (χ0v) is 14.4. The predicted molar refractivity (Wildman–Crippen MR) is 97.0 cm³/mol. The molecule has 0 amide bonds. The number of aromatic nitrogens is 2. The molecule has 26 heavy (non-hydrogen) atoms. The van der Waals surface area contributed by atoms with Gasteiger partial charge in [0.05, 0.1) is 21.5 Å². The lowest BCUT2D eigenvalue weighted by Crippen LogP contribution is -2.13. The van der Waals surface area contributed by atoms with Gasteiger partial charge in [-0.2, -0.15) is 0 Å². The van der Waals surface area contributed by atoms with Crippen molar-refractivity contribution in [1.82, 2.24) is 9.55 Å². The number of hydrogen-bond acceptors (Lipinski definition) is 5. The number of hydrogen-bond donors (Lipinski definition) is 0. The molecule has 0 saturated heterocycles. The zero-order valence-electron chi connectivity index (χ0n) is 14.4. The molecule has 3 aromatic rings. The van der Waals surface area contributed by atoms with Crippen LogP contribution in [0, 0.1) is 10.1 Å². The van der Waals surface area contributed by atoms with Crippen LogP contribution in [0.2, 0.25) is 0 Å². The predicted octanol–water partition coefficient (Wildman–Crippen LogP) is 4.47. The SMILES string of the molecule is CCCCc1cccc2c1ncn2C(=O)OCc1ccccc1[N+](=O)[O-]. The molecule has 2 aromatic carbocycles. The minimum absolute atomic E-state index is 0.0716. The lowest BCUT2D eigenvalue weighted by atomic mass is 10.1. The number of rotatable bonds is 6. The van der Waals surface area contributed by atoms with Crippen LogP contribution >= 0.6 is 0 Å². The van der Waals surface area contributed by atoms with Gasteiger partial charge in [0.2, 0.25) is 0 Å². The highest BCUT2D eigenvalue weighted by Gasteiger charge is 2.17. The largest absolute Gasteiger partial charge is 0.444 e. The Labute approximate surface area is 150 Å². The average molecular weight is 353 g/mol. The van der Waals surface area contributed by atoms with E-state index in [4.69, 9.17) is 4.74 Å². The van der Waals surface area contributed by atoms with Crippen LogP contribution in [0.5, 0.6) is 0 Å². The molecule has 3 rings (SSSR count). The molecule has 0 aliphatic carbocycles. The number of carbonyl (C=O) groups excluding carboxylic acids is 1.